The predicted octanol–water partition coefficient (Wildman–Crippen LogP) is 2.86. The number of sulfone groups is 1. The van der Waals surface area contributed by atoms with Gasteiger partial charge >= 0.3 is 0 Å². The number of hydrogen-bond donors (Lipinski definition) is 1. The first kappa shape index (κ1) is 16.5. The summed E-state index contributed by atoms with van der Waals surface area (Å²) in [6.07, 6.45) is 0. The molecule has 0 heterocycles. The third-order valence-corrected chi connectivity index (χ3v) is 5.54. The summed E-state index contributed by atoms with van der Waals surface area (Å²) in [6, 6.07) is 15.6. The largest absolute Gasteiger partial charge is 0.508 e. The number of aromatic hydroxyl groups is 1. The molecular formula is C17H21NO3S. The maximum atomic E-state index is 12.3. The van der Waals surface area contributed by atoms with Gasteiger partial charge in [0.15, 0.2) is 9.84 Å². The van der Waals surface area contributed by atoms with Crippen LogP contribution in [0.4, 0.5) is 0 Å². The van der Waals surface area contributed by atoms with Crippen LogP contribution in [0.2, 0.25) is 0 Å². The first-order valence-corrected chi connectivity index (χ1v) is 8.82. The van der Waals surface area contributed by atoms with Gasteiger partial charge < -0.3 is 5.11 Å². The molecule has 0 aliphatic carbocycles. The van der Waals surface area contributed by atoms with Crippen LogP contribution in [0.15, 0.2) is 59.5 Å². The van der Waals surface area contributed by atoms with Crippen LogP contribution in [0.5, 0.6) is 5.75 Å². The van der Waals surface area contributed by atoms with Crippen LogP contribution in [0, 0.1) is 0 Å². The maximum absolute atomic E-state index is 12.3. The highest BCUT2D eigenvalue weighted by atomic mass is 32.2. The molecule has 0 fully saturated rings. The Labute approximate surface area is 131 Å². The summed E-state index contributed by atoms with van der Waals surface area (Å²) in [7, 11) is -1.39. The molecule has 0 saturated carbocycles. The predicted molar refractivity (Wildman–Crippen MR) is 87.6 cm³/mol. The molecule has 2 aromatic carbocycles. The van der Waals surface area contributed by atoms with Gasteiger partial charge in [0.2, 0.25) is 0 Å². The van der Waals surface area contributed by atoms with Crippen molar-refractivity contribution in [3.8, 4) is 5.75 Å². The number of phenolic OH excluding ortho intramolecular Hbond substituents is 1. The van der Waals surface area contributed by atoms with Crippen molar-refractivity contribution in [1.82, 2.24) is 4.90 Å². The molecule has 0 spiro atoms. The van der Waals surface area contributed by atoms with Gasteiger partial charge in [0.05, 0.1) is 10.6 Å². The van der Waals surface area contributed by atoms with E-state index in [9.17, 15) is 13.5 Å². The summed E-state index contributed by atoms with van der Waals surface area (Å²) in [5.41, 5.74) is 0.958. The minimum atomic E-state index is -3.27. The van der Waals surface area contributed by atoms with E-state index >= 15 is 0 Å². The summed E-state index contributed by atoms with van der Waals surface area (Å²) >= 11 is 0. The third kappa shape index (κ3) is 4.08. The lowest BCUT2D eigenvalue weighted by Crippen LogP contribution is -2.28. The summed E-state index contributed by atoms with van der Waals surface area (Å²) in [5.74, 6) is 0.283. The minimum absolute atomic E-state index is 0.0260. The first-order chi connectivity index (χ1) is 10.4. The van der Waals surface area contributed by atoms with Crippen molar-refractivity contribution >= 4 is 9.84 Å². The van der Waals surface area contributed by atoms with E-state index in [0.717, 1.165) is 5.56 Å². The summed E-state index contributed by atoms with van der Waals surface area (Å²) in [6.45, 7) is 2.41. The number of phenols is 1. The van der Waals surface area contributed by atoms with E-state index in [4.69, 9.17) is 0 Å². The Kier molecular flexibility index (Phi) is 5.21. The number of benzene rings is 2. The Bertz CT molecular complexity index is 714. The molecule has 2 rings (SSSR count). The van der Waals surface area contributed by atoms with E-state index in [0.29, 0.717) is 11.4 Å². The number of hydrogen-bond acceptors (Lipinski definition) is 4. The van der Waals surface area contributed by atoms with Gasteiger partial charge in [-0.3, -0.25) is 4.90 Å². The van der Waals surface area contributed by atoms with Gasteiger partial charge in [-0.05, 0) is 43.8 Å². The topological polar surface area (TPSA) is 57.6 Å². The fraction of sp³-hybridized carbons (Fsp3) is 0.294. The Morgan fingerprint density at radius 3 is 2.41 bits per heavy atom. The highest BCUT2D eigenvalue weighted by Gasteiger charge is 2.18. The Hall–Kier alpha value is -1.85. The molecular weight excluding hydrogens is 298 g/mol. The lowest BCUT2D eigenvalue weighted by atomic mass is 10.1. The molecule has 4 nitrogen and oxygen atoms in total. The molecule has 1 unspecified atom stereocenters. The summed E-state index contributed by atoms with van der Waals surface area (Å²) in [4.78, 5) is 2.32. The SMILES string of the molecule is CC(c1cccc(O)c1)N(C)CCS(=O)(=O)c1ccccc1. The molecule has 22 heavy (non-hydrogen) atoms. The van der Waals surface area contributed by atoms with E-state index < -0.39 is 9.84 Å². The van der Waals surface area contributed by atoms with E-state index in [2.05, 4.69) is 0 Å². The highest BCUT2D eigenvalue weighted by molar-refractivity contribution is 7.91. The van der Waals surface area contributed by atoms with Crippen LogP contribution in [0.1, 0.15) is 18.5 Å². The average molecular weight is 319 g/mol. The number of nitrogens with zero attached hydrogens (tertiary/aromatic N) is 1. The van der Waals surface area contributed by atoms with Crippen LogP contribution in [0.25, 0.3) is 0 Å². The zero-order chi connectivity index (χ0) is 16.2. The second kappa shape index (κ2) is 6.94. The van der Waals surface area contributed by atoms with Gasteiger partial charge in [-0.15, -0.1) is 0 Å². The lowest BCUT2D eigenvalue weighted by Gasteiger charge is -2.25. The van der Waals surface area contributed by atoms with Crippen molar-refractivity contribution in [1.29, 1.82) is 0 Å². The molecule has 0 radical (unpaired) electrons. The normalized spacial score (nSPS) is 13.2. The summed E-state index contributed by atoms with van der Waals surface area (Å²) in [5, 5.41) is 9.54. The Balaban J connectivity index is 2.02. The van der Waals surface area contributed by atoms with Crippen molar-refractivity contribution in [3.63, 3.8) is 0 Å². The van der Waals surface area contributed by atoms with Gasteiger partial charge in [0, 0.05) is 12.6 Å². The first-order valence-electron chi connectivity index (χ1n) is 7.17. The maximum Gasteiger partial charge on any atom is 0.179 e. The van der Waals surface area contributed by atoms with Crippen LogP contribution in [-0.4, -0.2) is 37.8 Å². The minimum Gasteiger partial charge on any atom is -0.508 e. The number of rotatable bonds is 6. The van der Waals surface area contributed by atoms with Crippen molar-refractivity contribution in [2.24, 2.45) is 0 Å². The van der Waals surface area contributed by atoms with Gasteiger partial charge in [0.1, 0.15) is 5.75 Å². The van der Waals surface area contributed by atoms with Gasteiger partial charge in [-0.2, -0.15) is 0 Å². The third-order valence-electron chi connectivity index (χ3n) is 3.83. The molecule has 2 aromatic rings. The molecule has 0 amide bonds. The van der Waals surface area contributed by atoms with Gasteiger partial charge in [-0.25, -0.2) is 8.42 Å². The quantitative estimate of drug-likeness (QED) is 0.889. The fourth-order valence-electron chi connectivity index (χ4n) is 2.24. The molecule has 5 heteroatoms. The standard InChI is InChI=1S/C17H21NO3S/c1-14(15-7-6-8-16(19)13-15)18(2)11-12-22(20,21)17-9-4-3-5-10-17/h3-10,13-14,19H,11-12H2,1-2H3. The van der Waals surface area contributed by atoms with Crippen molar-refractivity contribution in [2.75, 3.05) is 19.3 Å². The molecule has 0 aromatic heterocycles. The van der Waals surface area contributed by atoms with E-state index in [-0.39, 0.29) is 17.5 Å². The van der Waals surface area contributed by atoms with E-state index in [1.807, 2.05) is 24.9 Å². The molecule has 1 atom stereocenters. The zero-order valence-corrected chi connectivity index (χ0v) is 13.6. The summed E-state index contributed by atoms with van der Waals surface area (Å²) < 4.78 is 24.6. The monoisotopic (exact) mass is 319 g/mol. The van der Waals surface area contributed by atoms with E-state index in [1.165, 1.54) is 0 Å². The second-order valence-electron chi connectivity index (χ2n) is 5.38. The smallest absolute Gasteiger partial charge is 0.179 e. The molecule has 118 valence electrons. The lowest BCUT2D eigenvalue weighted by molar-refractivity contribution is 0.276. The van der Waals surface area contributed by atoms with Crippen molar-refractivity contribution in [3.05, 3.63) is 60.2 Å². The van der Waals surface area contributed by atoms with Gasteiger partial charge in [-0.1, -0.05) is 30.3 Å². The van der Waals surface area contributed by atoms with Crippen LogP contribution in [-0.2, 0) is 9.84 Å². The highest BCUT2D eigenvalue weighted by Crippen LogP contribution is 2.22. The van der Waals surface area contributed by atoms with Crippen molar-refractivity contribution < 1.29 is 13.5 Å². The fourth-order valence-corrected chi connectivity index (χ4v) is 3.58. The molecule has 0 bridgehead atoms. The van der Waals surface area contributed by atoms with Crippen LogP contribution < -0.4 is 0 Å². The van der Waals surface area contributed by atoms with Crippen LogP contribution in [0.3, 0.4) is 0 Å². The van der Waals surface area contributed by atoms with Crippen molar-refractivity contribution in [2.45, 2.75) is 17.9 Å². The Morgan fingerprint density at radius 2 is 1.77 bits per heavy atom. The Morgan fingerprint density at radius 1 is 1.09 bits per heavy atom. The van der Waals surface area contributed by atoms with Crippen LogP contribution >= 0.6 is 0 Å². The molecule has 1 N–H and O–H groups in total. The molecule has 0 aliphatic heterocycles. The molecule has 0 saturated heterocycles. The van der Waals surface area contributed by atoms with E-state index in [1.54, 1.807) is 48.5 Å². The van der Waals surface area contributed by atoms with Gasteiger partial charge in [0.25, 0.3) is 0 Å². The zero-order valence-electron chi connectivity index (χ0n) is 12.8. The average Bonchev–Trinajstić information content (AvgIpc) is 2.53. The molecule has 0 aliphatic rings. The second-order valence-corrected chi connectivity index (χ2v) is 7.49.